The fraction of sp³-hybridized carbons (Fsp3) is 0.600. The van der Waals surface area contributed by atoms with Gasteiger partial charge in [0.15, 0.2) is 9.84 Å². The average Bonchev–Trinajstić information content (AvgIpc) is 2.46. The minimum atomic E-state index is -3.13. The van der Waals surface area contributed by atoms with E-state index in [4.69, 9.17) is 0 Å². The number of piperazine rings is 1. The van der Waals surface area contributed by atoms with E-state index in [-0.39, 0.29) is 5.75 Å². The van der Waals surface area contributed by atoms with E-state index in [0.717, 1.165) is 50.3 Å². The Kier molecular flexibility index (Phi) is 5.18. The first-order valence-electron chi connectivity index (χ1n) is 7.28. The van der Waals surface area contributed by atoms with E-state index >= 15 is 0 Å². The molecule has 0 unspecified atom stereocenters. The molecule has 2 rings (SSSR count). The van der Waals surface area contributed by atoms with Crippen molar-refractivity contribution in [1.82, 2.24) is 10.2 Å². The topological polar surface area (TPSA) is 49.4 Å². The highest BCUT2D eigenvalue weighted by Gasteiger charge is 2.17. The fourth-order valence-electron chi connectivity index (χ4n) is 2.58. The summed E-state index contributed by atoms with van der Waals surface area (Å²) in [5.41, 5.74) is 2.08. The van der Waals surface area contributed by atoms with Crippen molar-refractivity contribution in [2.75, 3.05) is 38.5 Å². The minimum absolute atomic E-state index is 0.163. The first kappa shape index (κ1) is 15.5. The summed E-state index contributed by atoms with van der Waals surface area (Å²) in [4.78, 5) is 2.90. The number of rotatable bonds is 5. The Morgan fingerprint density at radius 1 is 1.25 bits per heavy atom. The predicted octanol–water partition coefficient (Wildman–Crippen LogP) is 1.24. The number of nitrogens with zero attached hydrogens (tertiary/aromatic N) is 1. The van der Waals surface area contributed by atoms with E-state index in [2.05, 4.69) is 10.2 Å². The molecule has 1 saturated heterocycles. The van der Waals surface area contributed by atoms with Crippen molar-refractivity contribution in [3.8, 4) is 0 Å². The quantitative estimate of drug-likeness (QED) is 0.888. The fourth-order valence-corrected chi connectivity index (χ4v) is 3.72. The van der Waals surface area contributed by atoms with Crippen molar-refractivity contribution in [3.05, 3.63) is 29.3 Å². The second-order valence-corrected chi connectivity index (χ2v) is 7.60. The van der Waals surface area contributed by atoms with Crippen LogP contribution in [-0.4, -0.2) is 51.8 Å². The lowest BCUT2D eigenvalue weighted by Crippen LogP contribution is -2.44. The standard InChI is InChI=1S/C15H24N2O2S/c1-3-20(18,19)15-5-4-13(2)12-14(15)6-9-17-10-7-16-8-11-17/h4-5,12,16H,3,6-11H2,1-2H3. The molecule has 1 fully saturated rings. The number of sulfone groups is 1. The van der Waals surface area contributed by atoms with Crippen molar-refractivity contribution >= 4 is 9.84 Å². The van der Waals surface area contributed by atoms with Gasteiger partial charge in [-0.2, -0.15) is 0 Å². The van der Waals surface area contributed by atoms with E-state index < -0.39 is 9.84 Å². The van der Waals surface area contributed by atoms with Gasteiger partial charge in [0, 0.05) is 32.7 Å². The van der Waals surface area contributed by atoms with Crippen molar-refractivity contribution < 1.29 is 8.42 Å². The number of aryl methyl sites for hydroxylation is 1. The Hall–Kier alpha value is -0.910. The summed E-state index contributed by atoms with van der Waals surface area (Å²) in [7, 11) is -3.13. The molecule has 112 valence electrons. The first-order chi connectivity index (χ1) is 9.53. The number of hydrogen-bond donors (Lipinski definition) is 1. The number of nitrogens with one attached hydrogen (secondary N) is 1. The average molecular weight is 296 g/mol. The maximum absolute atomic E-state index is 12.2. The van der Waals surface area contributed by atoms with E-state index in [1.54, 1.807) is 13.0 Å². The van der Waals surface area contributed by atoms with E-state index in [1.165, 1.54) is 0 Å². The second kappa shape index (κ2) is 6.70. The molecule has 1 N–H and O–H groups in total. The van der Waals surface area contributed by atoms with E-state index in [9.17, 15) is 8.42 Å². The maximum Gasteiger partial charge on any atom is 0.178 e. The van der Waals surface area contributed by atoms with Gasteiger partial charge in [0.05, 0.1) is 10.6 Å². The summed E-state index contributed by atoms with van der Waals surface area (Å²) < 4.78 is 24.3. The lowest BCUT2D eigenvalue weighted by atomic mass is 10.1. The molecule has 1 aliphatic rings. The van der Waals surface area contributed by atoms with Gasteiger partial charge in [0.25, 0.3) is 0 Å². The van der Waals surface area contributed by atoms with Crippen molar-refractivity contribution in [3.63, 3.8) is 0 Å². The van der Waals surface area contributed by atoms with Gasteiger partial charge in [-0.15, -0.1) is 0 Å². The lowest BCUT2D eigenvalue weighted by Gasteiger charge is -2.27. The number of hydrogen-bond acceptors (Lipinski definition) is 4. The van der Waals surface area contributed by atoms with E-state index in [1.807, 2.05) is 19.1 Å². The van der Waals surface area contributed by atoms with Gasteiger partial charge in [-0.1, -0.05) is 24.6 Å². The molecule has 0 aliphatic carbocycles. The SMILES string of the molecule is CCS(=O)(=O)c1ccc(C)cc1CCN1CCNCC1. The third-order valence-electron chi connectivity index (χ3n) is 3.84. The molecule has 1 aliphatic heterocycles. The van der Waals surface area contributed by atoms with Crippen LogP contribution in [0.5, 0.6) is 0 Å². The van der Waals surface area contributed by atoms with Crippen LogP contribution >= 0.6 is 0 Å². The normalized spacial score (nSPS) is 17.3. The van der Waals surface area contributed by atoms with Crippen molar-refractivity contribution in [2.24, 2.45) is 0 Å². The zero-order valence-corrected chi connectivity index (χ0v) is 13.2. The molecule has 4 nitrogen and oxygen atoms in total. The second-order valence-electron chi connectivity index (χ2n) is 5.36. The van der Waals surface area contributed by atoms with Crippen LogP contribution in [-0.2, 0) is 16.3 Å². The summed E-state index contributed by atoms with van der Waals surface area (Å²) in [5, 5.41) is 3.33. The highest BCUT2D eigenvalue weighted by molar-refractivity contribution is 7.91. The highest BCUT2D eigenvalue weighted by Crippen LogP contribution is 2.20. The Morgan fingerprint density at radius 3 is 2.60 bits per heavy atom. The molecule has 0 bridgehead atoms. The molecule has 0 atom stereocenters. The minimum Gasteiger partial charge on any atom is -0.314 e. The lowest BCUT2D eigenvalue weighted by molar-refractivity contribution is 0.243. The van der Waals surface area contributed by atoms with Crippen molar-refractivity contribution in [1.29, 1.82) is 0 Å². The van der Waals surface area contributed by atoms with Gasteiger partial charge < -0.3 is 10.2 Å². The van der Waals surface area contributed by atoms with Gasteiger partial charge in [-0.3, -0.25) is 0 Å². The van der Waals surface area contributed by atoms with Gasteiger partial charge in [0.1, 0.15) is 0 Å². The zero-order valence-electron chi connectivity index (χ0n) is 12.4. The summed E-state index contributed by atoms with van der Waals surface area (Å²) in [5.74, 6) is 0.163. The van der Waals surface area contributed by atoms with Crippen LogP contribution in [0, 0.1) is 6.92 Å². The summed E-state index contributed by atoms with van der Waals surface area (Å²) in [6.45, 7) is 8.77. The summed E-state index contributed by atoms with van der Waals surface area (Å²) in [6, 6.07) is 5.67. The van der Waals surface area contributed by atoms with Crippen LogP contribution in [0.4, 0.5) is 0 Å². The molecule has 0 aromatic heterocycles. The van der Waals surface area contributed by atoms with Gasteiger partial charge in [0.2, 0.25) is 0 Å². The van der Waals surface area contributed by atoms with Crippen LogP contribution in [0.1, 0.15) is 18.1 Å². The molecule has 1 aromatic carbocycles. The molecular formula is C15H24N2O2S. The Labute approximate surface area is 122 Å². The molecule has 0 saturated carbocycles. The van der Waals surface area contributed by atoms with Crippen molar-refractivity contribution in [2.45, 2.75) is 25.2 Å². The molecule has 0 radical (unpaired) electrons. The molecular weight excluding hydrogens is 272 g/mol. The Morgan fingerprint density at radius 2 is 1.95 bits per heavy atom. The predicted molar refractivity (Wildman–Crippen MR) is 81.9 cm³/mol. The molecule has 5 heteroatoms. The summed E-state index contributed by atoms with van der Waals surface area (Å²) in [6.07, 6.45) is 0.802. The monoisotopic (exact) mass is 296 g/mol. The van der Waals surface area contributed by atoms with Crippen LogP contribution < -0.4 is 5.32 Å². The van der Waals surface area contributed by atoms with Gasteiger partial charge in [-0.05, 0) is 25.0 Å². The molecule has 20 heavy (non-hydrogen) atoms. The van der Waals surface area contributed by atoms with Crippen LogP contribution in [0.15, 0.2) is 23.1 Å². The van der Waals surface area contributed by atoms with Gasteiger partial charge >= 0.3 is 0 Å². The smallest absolute Gasteiger partial charge is 0.178 e. The third-order valence-corrected chi connectivity index (χ3v) is 5.67. The van der Waals surface area contributed by atoms with Gasteiger partial charge in [-0.25, -0.2) is 8.42 Å². The summed E-state index contributed by atoms with van der Waals surface area (Å²) >= 11 is 0. The first-order valence-corrected chi connectivity index (χ1v) is 8.93. The number of benzene rings is 1. The molecule has 0 amide bonds. The third kappa shape index (κ3) is 3.81. The molecule has 1 aromatic rings. The molecule has 0 spiro atoms. The highest BCUT2D eigenvalue weighted by atomic mass is 32.2. The molecule has 1 heterocycles. The zero-order chi connectivity index (χ0) is 14.6. The van der Waals surface area contributed by atoms with Crippen LogP contribution in [0.25, 0.3) is 0 Å². The Balaban J connectivity index is 2.15. The largest absolute Gasteiger partial charge is 0.314 e. The van der Waals surface area contributed by atoms with E-state index in [0.29, 0.717) is 4.90 Å². The van der Waals surface area contributed by atoms with Crippen LogP contribution in [0.3, 0.4) is 0 Å². The van der Waals surface area contributed by atoms with Crippen LogP contribution in [0.2, 0.25) is 0 Å². The Bertz CT molecular complexity index is 549. The maximum atomic E-state index is 12.2.